The number of carbonyl (C=O) groups excluding carboxylic acids is 1. The van der Waals surface area contributed by atoms with Crippen LogP contribution in [0, 0.1) is 10.1 Å². The molecule has 7 nitrogen and oxygen atoms in total. The van der Waals surface area contributed by atoms with Gasteiger partial charge in [-0.2, -0.15) is 0 Å². The number of nitro benzene ring substituents is 1. The molecule has 0 aromatic heterocycles. The van der Waals surface area contributed by atoms with E-state index in [9.17, 15) is 14.9 Å². The molecule has 0 atom stereocenters. The number of benzene rings is 2. The molecule has 24 heavy (non-hydrogen) atoms. The van der Waals surface area contributed by atoms with E-state index in [0.717, 1.165) is 0 Å². The average molecular weight is 331 g/mol. The molecule has 0 saturated heterocycles. The maximum atomic E-state index is 11.6. The minimum Gasteiger partial charge on any atom is -0.490 e. The van der Waals surface area contributed by atoms with Crippen LogP contribution in [0.5, 0.6) is 11.5 Å². The molecule has 0 amide bonds. The molecular weight excluding hydrogens is 314 g/mol. The summed E-state index contributed by atoms with van der Waals surface area (Å²) in [6.45, 7) is 2.21. The Balaban J connectivity index is 2.04. The Kier molecular flexibility index (Phi) is 5.73. The SMILES string of the molecule is CCOC(=O)c1ccc(OCc2ccc(OC)c([N+](=O)[O-])c2)cc1. The van der Waals surface area contributed by atoms with Gasteiger partial charge in [0.15, 0.2) is 5.75 Å². The Morgan fingerprint density at radius 3 is 2.46 bits per heavy atom. The lowest BCUT2D eigenvalue weighted by molar-refractivity contribution is -0.385. The first-order valence-electron chi connectivity index (χ1n) is 7.26. The number of hydrogen-bond acceptors (Lipinski definition) is 6. The van der Waals surface area contributed by atoms with Gasteiger partial charge in [-0.25, -0.2) is 4.79 Å². The maximum absolute atomic E-state index is 11.6. The summed E-state index contributed by atoms with van der Waals surface area (Å²) in [5.41, 5.74) is 0.956. The molecule has 0 fully saturated rings. The number of esters is 1. The van der Waals surface area contributed by atoms with Crippen molar-refractivity contribution < 1.29 is 23.9 Å². The third-order valence-electron chi connectivity index (χ3n) is 3.21. The minimum absolute atomic E-state index is 0.115. The molecule has 0 unspecified atom stereocenters. The van der Waals surface area contributed by atoms with Gasteiger partial charge in [-0.3, -0.25) is 10.1 Å². The van der Waals surface area contributed by atoms with Crippen molar-refractivity contribution in [2.45, 2.75) is 13.5 Å². The van der Waals surface area contributed by atoms with Gasteiger partial charge in [0, 0.05) is 6.07 Å². The van der Waals surface area contributed by atoms with Gasteiger partial charge < -0.3 is 14.2 Å². The molecule has 2 rings (SSSR count). The van der Waals surface area contributed by atoms with Crippen molar-refractivity contribution in [2.24, 2.45) is 0 Å². The molecule has 0 bridgehead atoms. The first kappa shape index (κ1) is 17.3. The zero-order valence-electron chi connectivity index (χ0n) is 13.4. The molecule has 0 spiro atoms. The zero-order chi connectivity index (χ0) is 17.5. The summed E-state index contributed by atoms with van der Waals surface area (Å²) in [4.78, 5) is 22.1. The molecule has 126 valence electrons. The highest BCUT2D eigenvalue weighted by Crippen LogP contribution is 2.28. The maximum Gasteiger partial charge on any atom is 0.338 e. The van der Waals surface area contributed by atoms with Crippen LogP contribution in [0.4, 0.5) is 5.69 Å². The van der Waals surface area contributed by atoms with Crippen LogP contribution in [0.2, 0.25) is 0 Å². The normalized spacial score (nSPS) is 10.1. The fourth-order valence-corrected chi connectivity index (χ4v) is 2.04. The van der Waals surface area contributed by atoms with Gasteiger partial charge in [0.1, 0.15) is 12.4 Å². The number of carbonyl (C=O) groups is 1. The van der Waals surface area contributed by atoms with Crippen LogP contribution in [-0.4, -0.2) is 24.6 Å². The highest BCUT2D eigenvalue weighted by atomic mass is 16.6. The Hall–Kier alpha value is -3.09. The lowest BCUT2D eigenvalue weighted by atomic mass is 10.2. The van der Waals surface area contributed by atoms with E-state index < -0.39 is 10.9 Å². The summed E-state index contributed by atoms with van der Waals surface area (Å²) >= 11 is 0. The molecule has 2 aromatic carbocycles. The molecule has 0 radical (unpaired) electrons. The van der Waals surface area contributed by atoms with Crippen LogP contribution in [0.3, 0.4) is 0 Å². The molecular formula is C17H17NO6. The summed E-state index contributed by atoms with van der Waals surface area (Å²) in [7, 11) is 1.38. The molecule has 0 N–H and O–H groups in total. The largest absolute Gasteiger partial charge is 0.490 e. The van der Waals surface area contributed by atoms with E-state index in [1.54, 1.807) is 37.3 Å². The van der Waals surface area contributed by atoms with E-state index in [0.29, 0.717) is 23.5 Å². The molecule has 0 aliphatic carbocycles. The second-order valence-corrected chi connectivity index (χ2v) is 4.80. The summed E-state index contributed by atoms with van der Waals surface area (Å²) in [5.74, 6) is 0.346. The smallest absolute Gasteiger partial charge is 0.338 e. The van der Waals surface area contributed by atoms with Crippen molar-refractivity contribution in [2.75, 3.05) is 13.7 Å². The fourth-order valence-electron chi connectivity index (χ4n) is 2.04. The number of nitrogens with zero attached hydrogens (tertiary/aromatic N) is 1. The van der Waals surface area contributed by atoms with E-state index in [-0.39, 0.29) is 18.0 Å². The summed E-state index contributed by atoms with van der Waals surface area (Å²) in [6.07, 6.45) is 0. The Bertz CT molecular complexity index is 726. The van der Waals surface area contributed by atoms with Crippen LogP contribution in [-0.2, 0) is 11.3 Å². The lowest BCUT2D eigenvalue weighted by Crippen LogP contribution is -2.04. The molecule has 7 heteroatoms. The van der Waals surface area contributed by atoms with Crippen LogP contribution in [0.1, 0.15) is 22.8 Å². The minimum atomic E-state index is -0.504. The third kappa shape index (κ3) is 4.22. The number of ether oxygens (including phenoxy) is 3. The quantitative estimate of drug-likeness (QED) is 0.439. The summed E-state index contributed by atoms with van der Waals surface area (Å²) < 4.78 is 15.4. The van der Waals surface area contributed by atoms with Gasteiger partial charge in [0.05, 0.1) is 24.2 Å². The Labute approximate surface area is 138 Å². The van der Waals surface area contributed by atoms with Crippen molar-refractivity contribution in [1.82, 2.24) is 0 Å². The molecule has 2 aromatic rings. The molecule has 0 heterocycles. The van der Waals surface area contributed by atoms with E-state index in [1.807, 2.05) is 0 Å². The van der Waals surface area contributed by atoms with Crippen molar-refractivity contribution in [1.29, 1.82) is 0 Å². The van der Waals surface area contributed by atoms with Gasteiger partial charge >= 0.3 is 11.7 Å². The zero-order valence-corrected chi connectivity index (χ0v) is 13.4. The van der Waals surface area contributed by atoms with Crippen LogP contribution >= 0.6 is 0 Å². The number of methoxy groups -OCH3 is 1. The first-order chi connectivity index (χ1) is 11.5. The molecule has 0 aliphatic rings. The molecule has 0 saturated carbocycles. The highest BCUT2D eigenvalue weighted by molar-refractivity contribution is 5.89. The second kappa shape index (κ2) is 7.96. The summed E-state index contributed by atoms with van der Waals surface area (Å²) in [5, 5.41) is 11.0. The van der Waals surface area contributed by atoms with E-state index in [4.69, 9.17) is 14.2 Å². The predicted octanol–water partition coefficient (Wildman–Crippen LogP) is 3.36. The number of hydrogen-bond donors (Lipinski definition) is 0. The van der Waals surface area contributed by atoms with Crippen molar-refractivity contribution in [3.63, 3.8) is 0 Å². The first-order valence-corrected chi connectivity index (χ1v) is 7.26. The standard InChI is InChI=1S/C17H17NO6/c1-3-23-17(19)13-5-7-14(8-6-13)24-11-12-4-9-16(22-2)15(10-12)18(20)21/h4-10H,3,11H2,1-2H3. The average Bonchev–Trinajstić information content (AvgIpc) is 2.60. The van der Waals surface area contributed by atoms with Gasteiger partial charge in [0.2, 0.25) is 0 Å². The van der Waals surface area contributed by atoms with E-state index in [1.165, 1.54) is 19.2 Å². The van der Waals surface area contributed by atoms with Crippen molar-refractivity contribution >= 4 is 11.7 Å². The van der Waals surface area contributed by atoms with Gasteiger partial charge in [-0.15, -0.1) is 0 Å². The van der Waals surface area contributed by atoms with Crippen molar-refractivity contribution in [3.05, 3.63) is 63.7 Å². The second-order valence-electron chi connectivity index (χ2n) is 4.80. The van der Waals surface area contributed by atoms with E-state index >= 15 is 0 Å². The topological polar surface area (TPSA) is 87.9 Å². The summed E-state index contributed by atoms with van der Waals surface area (Å²) in [6, 6.07) is 11.1. The number of rotatable bonds is 7. The fraction of sp³-hybridized carbons (Fsp3) is 0.235. The van der Waals surface area contributed by atoms with Crippen LogP contribution < -0.4 is 9.47 Å². The molecule has 0 aliphatic heterocycles. The number of nitro groups is 1. The Morgan fingerprint density at radius 2 is 1.88 bits per heavy atom. The van der Waals surface area contributed by atoms with Crippen LogP contribution in [0.25, 0.3) is 0 Å². The van der Waals surface area contributed by atoms with E-state index in [2.05, 4.69) is 0 Å². The highest BCUT2D eigenvalue weighted by Gasteiger charge is 2.15. The Morgan fingerprint density at radius 1 is 1.17 bits per heavy atom. The van der Waals surface area contributed by atoms with Gasteiger partial charge in [0.25, 0.3) is 0 Å². The van der Waals surface area contributed by atoms with Gasteiger partial charge in [-0.1, -0.05) is 6.07 Å². The third-order valence-corrected chi connectivity index (χ3v) is 3.21. The van der Waals surface area contributed by atoms with Gasteiger partial charge in [-0.05, 0) is 42.8 Å². The van der Waals surface area contributed by atoms with Crippen LogP contribution in [0.15, 0.2) is 42.5 Å². The predicted molar refractivity (Wildman–Crippen MR) is 86.4 cm³/mol. The monoisotopic (exact) mass is 331 g/mol. The van der Waals surface area contributed by atoms with Crippen molar-refractivity contribution in [3.8, 4) is 11.5 Å². The lowest BCUT2D eigenvalue weighted by Gasteiger charge is -2.08.